The number of amides is 1. The number of likely N-dealkylation sites (N-methyl/N-ethyl adjacent to an activating group) is 1. The van der Waals surface area contributed by atoms with Gasteiger partial charge in [-0.2, -0.15) is 5.10 Å². The first kappa shape index (κ1) is 14.1. The van der Waals surface area contributed by atoms with Crippen molar-refractivity contribution in [2.45, 2.75) is 6.04 Å². The van der Waals surface area contributed by atoms with E-state index in [1.54, 1.807) is 7.05 Å². The maximum absolute atomic E-state index is 12.3. The first-order valence-corrected chi connectivity index (χ1v) is 6.74. The summed E-state index contributed by atoms with van der Waals surface area (Å²) in [5, 5.41) is 14.3. The van der Waals surface area contributed by atoms with Crippen LogP contribution in [-0.4, -0.2) is 52.4 Å². The Morgan fingerprint density at radius 3 is 2.68 bits per heavy atom. The van der Waals surface area contributed by atoms with Crippen molar-refractivity contribution in [3.8, 4) is 5.75 Å². The Labute approximate surface area is 126 Å². The van der Waals surface area contributed by atoms with Crippen molar-refractivity contribution in [3.05, 3.63) is 47.3 Å². The lowest BCUT2D eigenvalue weighted by Gasteiger charge is -2.31. The molecule has 2 heterocycles. The number of nitrogens with zero attached hydrogens (tertiary/aromatic N) is 3. The molecule has 3 rings (SSSR count). The minimum absolute atomic E-state index is 0.00278. The highest BCUT2D eigenvalue weighted by molar-refractivity contribution is 6.00. The fourth-order valence-electron chi connectivity index (χ4n) is 2.61. The van der Waals surface area contributed by atoms with Crippen LogP contribution in [0, 0.1) is 0 Å². The second-order valence-electron chi connectivity index (χ2n) is 5.09. The molecular weight excluding hydrogens is 286 g/mol. The third-order valence-corrected chi connectivity index (χ3v) is 3.74. The molecule has 0 radical (unpaired) electrons. The summed E-state index contributed by atoms with van der Waals surface area (Å²) in [5.74, 6) is -1.60. The summed E-state index contributed by atoms with van der Waals surface area (Å²) in [7, 11) is 2.84. The molecule has 1 aliphatic heterocycles. The molecule has 1 amide bonds. The van der Waals surface area contributed by atoms with E-state index in [0.29, 0.717) is 6.54 Å². The zero-order valence-electron chi connectivity index (χ0n) is 12.2. The van der Waals surface area contributed by atoms with E-state index in [1.807, 2.05) is 30.3 Å². The van der Waals surface area contributed by atoms with Gasteiger partial charge in [-0.05, 0) is 5.56 Å². The lowest BCUT2D eigenvalue weighted by Crippen LogP contribution is -2.41. The van der Waals surface area contributed by atoms with Crippen molar-refractivity contribution in [1.29, 1.82) is 0 Å². The van der Waals surface area contributed by atoms with Gasteiger partial charge in [-0.1, -0.05) is 30.3 Å². The van der Waals surface area contributed by atoms with Gasteiger partial charge >= 0.3 is 5.97 Å². The van der Waals surface area contributed by atoms with Crippen LogP contribution in [0.1, 0.15) is 32.6 Å². The maximum Gasteiger partial charge on any atom is 0.362 e. The van der Waals surface area contributed by atoms with Gasteiger partial charge in [0.25, 0.3) is 5.91 Å². The number of rotatable bonds is 2. The summed E-state index contributed by atoms with van der Waals surface area (Å²) in [6.07, 6.45) is 0. The number of hydrogen-bond donors (Lipinski definition) is 1. The Balaban J connectivity index is 2.18. The van der Waals surface area contributed by atoms with Crippen molar-refractivity contribution in [3.63, 3.8) is 0 Å². The number of hydrogen-bond acceptors (Lipinski definition) is 5. The molecule has 0 aliphatic carbocycles. The van der Waals surface area contributed by atoms with Crippen LogP contribution in [0.25, 0.3) is 0 Å². The topological polar surface area (TPSA) is 84.7 Å². The molecule has 0 saturated carbocycles. The quantitative estimate of drug-likeness (QED) is 0.838. The van der Waals surface area contributed by atoms with Crippen LogP contribution >= 0.6 is 0 Å². The van der Waals surface area contributed by atoms with Crippen LogP contribution in [0.3, 0.4) is 0 Å². The molecule has 0 unspecified atom stereocenters. The van der Waals surface area contributed by atoms with Crippen LogP contribution in [0.15, 0.2) is 30.3 Å². The first-order valence-electron chi connectivity index (χ1n) is 6.74. The smallest absolute Gasteiger partial charge is 0.362 e. The summed E-state index contributed by atoms with van der Waals surface area (Å²) in [5.41, 5.74) is 0.687. The number of esters is 1. The molecule has 7 nitrogen and oxygen atoms in total. The van der Waals surface area contributed by atoms with E-state index in [0.717, 1.165) is 5.56 Å². The molecular formula is C15H15N3O4. The summed E-state index contributed by atoms with van der Waals surface area (Å²) in [6.45, 7) is 0.400. The Hall–Kier alpha value is -2.83. The molecule has 0 bridgehead atoms. The van der Waals surface area contributed by atoms with Gasteiger partial charge in [0.05, 0.1) is 13.2 Å². The van der Waals surface area contributed by atoms with Crippen molar-refractivity contribution in [2.24, 2.45) is 0 Å². The molecule has 0 saturated heterocycles. The Bertz CT molecular complexity index is 739. The number of benzene rings is 1. The molecule has 1 aromatic carbocycles. The van der Waals surface area contributed by atoms with Crippen molar-refractivity contribution < 1.29 is 19.4 Å². The second-order valence-corrected chi connectivity index (χ2v) is 5.09. The number of carbonyl (C=O) groups excluding carboxylic acids is 2. The molecule has 114 valence electrons. The normalized spacial score (nSPS) is 17.3. The standard InChI is InChI=1S/C15H15N3O4/c1-17-8-10(9-6-4-3-5-7-9)18-12(14(17)20)13(19)11(16-18)15(21)22-2/h3-7,10,19H,8H2,1-2H3/t10-/m1/s1. The minimum Gasteiger partial charge on any atom is -0.503 e. The molecule has 0 spiro atoms. The highest BCUT2D eigenvalue weighted by Gasteiger charge is 2.37. The second kappa shape index (κ2) is 5.18. The number of aromatic hydroxyl groups is 1. The van der Waals surface area contributed by atoms with Crippen molar-refractivity contribution in [1.82, 2.24) is 14.7 Å². The number of fused-ring (bicyclic) bond motifs is 1. The highest BCUT2D eigenvalue weighted by atomic mass is 16.5. The number of carbonyl (C=O) groups is 2. The van der Waals surface area contributed by atoms with E-state index in [9.17, 15) is 14.7 Å². The van der Waals surface area contributed by atoms with Gasteiger partial charge in [0, 0.05) is 13.6 Å². The van der Waals surface area contributed by atoms with E-state index in [2.05, 4.69) is 9.84 Å². The number of ether oxygens (including phenoxy) is 1. The van der Waals surface area contributed by atoms with Crippen molar-refractivity contribution in [2.75, 3.05) is 20.7 Å². The molecule has 1 N–H and O–H groups in total. The average molecular weight is 301 g/mol. The van der Waals surface area contributed by atoms with Gasteiger partial charge in [-0.25, -0.2) is 9.48 Å². The molecule has 1 aromatic heterocycles. The van der Waals surface area contributed by atoms with E-state index in [1.165, 1.54) is 16.7 Å². The van der Waals surface area contributed by atoms with Crippen LogP contribution in [0.4, 0.5) is 0 Å². The molecule has 1 atom stereocenters. The third kappa shape index (κ3) is 2.02. The Morgan fingerprint density at radius 1 is 1.36 bits per heavy atom. The molecule has 0 fully saturated rings. The lowest BCUT2D eigenvalue weighted by atomic mass is 10.0. The van der Waals surface area contributed by atoms with Crippen molar-refractivity contribution >= 4 is 11.9 Å². The molecule has 22 heavy (non-hydrogen) atoms. The van der Waals surface area contributed by atoms with E-state index in [4.69, 9.17) is 0 Å². The Kier molecular flexibility index (Phi) is 3.32. The zero-order chi connectivity index (χ0) is 15.9. The van der Waals surface area contributed by atoms with E-state index >= 15 is 0 Å². The van der Waals surface area contributed by atoms with Crippen LogP contribution in [-0.2, 0) is 4.74 Å². The third-order valence-electron chi connectivity index (χ3n) is 3.74. The van der Waals surface area contributed by atoms with Crippen LogP contribution < -0.4 is 0 Å². The van der Waals surface area contributed by atoms with Crippen LogP contribution in [0.2, 0.25) is 0 Å². The monoisotopic (exact) mass is 301 g/mol. The predicted molar refractivity (Wildman–Crippen MR) is 76.8 cm³/mol. The lowest BCUT2D eigenvalue weighted by molar-refractivity contribution is 0.0588. The molecule has 7 heteroatoms. The SMILES string of the molecule is COC(=O)c1nn2c(c1O)C(=O)N(C)C[C@@H]2c1ccccc1. The van der Waals surface area contributed by atoms with Gasteiger partial charge in [0.15, 0.2) is 11.4 Å². The predicted octanol–water partition coefficient (Wildman–Crippen LogP) is 1.05. The fraction of sp³-hybridized carbons (Fsp3) is 0.267. The van der Waals surface area contributed by atoms with Gasteiger partial charge in [-0.3, -0.25) is 4.79 Å². The van der Waals surface area contributed by atoms with Gasteiger partial charge in [0.1, 0.15) is 0 Å². The van der Waals surface area contributed by atoms with Gasteiger partial charge < -0.3 is 14.7 Å². The largest absolute Gasteiger partial charge is 0.503 e. The Morgan fingerprint density at radius 2 is 2.05 bits per heavy atom. The van der Waals surface area contributed by atoms with E-state index in [-0.39, 0.29) is 23.3 Å². The number of methoxy groups -OCH3 is 1. The summed E-state index contributed by atoms with van der Waals surface area (Å²) >= 11 is 0. The van der Waals surface area contributed by atoms with Gasteiger partial charge in [-0.15, -0.1) is 0 Å². The average Bonchev–Trinajstić information content (AvgIpc) is 2.89. The van der Waals surface area contributed by atoms with Gasteiger partial charge in [0.2, 0.25) is 5.69 Å². The summed E-state index contributed by atoms with van der Waals surface area (Å²) in [6, 6.07) is 9.21. The fourth-order valence-corrected chi connectivity index (χ4v) is 2.61. The zero-order valence-corrected chi connectivity index (χ0v) is 12.2. The van der Waals surface area contributed by atoms with E-state index < -0.39 is 11.7 Å². The summed E-state index contributed by atoms with van der Waals surface area (Å²) < 4.78 is 6.00. The first-order chi connectivity index (χ1) is 10.5. The molecule has 2 aromatic rings. The maximum atomic E-state index is 12.3. The summed E-state index contributed by atoms with van der Waals surface area (Å²) in [4.78, 5) is 25.5. The minimum atomic E-state index is -0.776. The highest BCUT2D eigenvalue weighted by Crippen LogP contribution is 2.33. The van der Waals surface area contributed by atoms with Crippen LogP contribution in [0.5, 0.6) is 5.75 Å². The number of aromatic nitrogens is 2. The molecule has 1 aliphatic rings.